The van der Waals surface area contributed by atoms with Gasteiger partial charge in [-0.15, -0.1) is 12.3 Å². The predicted molar refractivity (Wildman–Crippen MR) is 51.8 cm³/mol. The maximum Gasteiger partial charge on any atom is 0.257 e. The number of rotatable bonds is 4. The lowest BCUT2D eigenvalue weighted by atomic mass is 10.3. The van der Waals surface area contributed by atoms with Crippen LogP contribution in [-0.4, -0.2) is 24.4 Å². The van der Waals surface area contributed by atoms with E-state index < -0.39 is 10.0 Å². The lowest BCUT2D eigenvalue weighted by Crippen LogP contribution is -2.32. The lowest BCUT2D eigenvalue weighted by Gasteiger charge is -2.09. The third-order valence-corrected chi connectivity index (χ3v) is 3.06. The van der Waals surface area contributed by atoms with E-state index in [4.69, 9.17) is 6.42 Å². The highest BCUT2D eigenvalue weighted by atomic mass is 32.2. The SMILES string of the molecule is C#CCC(C)NS(=O)(=O)c1cnc[nH]1. The summed E-state index contributed by atoms with van der Waals surface area (Å²) in [6.07, 6.45) is 7.96. The first kappa shape index (κ1) is 10.8. The zero-order valence-electron chi connectivity index (χ0n) is 7.69. The number of hydrogen-bond acceptors (Lipinski definition) is 3. The third kappa shape index (κ3) is 2.58. The molecule has 0 bridgehead atoms. The van der Waals surface area contributed by atoms with Gasteiger partial charge in [0.15, 0.2) is 5.03 Å². The van der Waals surface area contributed by atoms with Crippen LogP contribution in [0.15, 0.2) is 17.6 Å². The summed E-state index contributed by atoms with van der Waals surface area (Å²) >= 11 is 0. The number of aromatic nitrogens is 2. The molecule has 76 valence electrons. The molecule has 1 unspecified atom stereocenters. The molecule has 0 saturated carbocycles. The number of hydrogen-bond donors (Lipinski definition) is 2. The molecule has 0 spiro atoms. The second-order valence-corrected chi connectivity index (χ2v) is 4.53. The van der Waals surface area contributed by atoms with Gasteiger partial charge >= 0.3 is 0 Å². The molecule has 14 heavy (non-hydrogen) atoms. The van der Waals surface area contributed by atoms with Gasteiger partial charge < -0.3 is 4.98 Å². The fraction of sp³-hybridized carbons (Fsp3) is 0.375. The molecule has 2 N–H and O–H groups in total. The molecule has 0 aromatic carbocycles. The second-order valence-electron chi connectivity index (χ2n) is 2.85. The highest BCUT2D eigenvalue weighted by Gasteiger charge is 2.17. The largest absolute Gasteiger partial charge is 0.335 e. The van der Waals surface area contributed by atoms with Crippen LogP contribution in [-0.2, 0) is 10.0 Å². The molecule has 6 heteroatoms. The topological polar surface area (TPSA) is 74.8 Å². The molecule has 5 nitrogen and oxygen atoms in total. The molecule has 1 aromatic heterocycles. The van der Waals surface area contributed by atoms with Crippen LogP contribution in [0.25, 0.3) is 0 Å². The predicted octanol–water partition coefficient (Wildman–Crippen LogP) is 0.0998. The molecule has 1 aromatic rings. The minimum Gasteiger partial charge on any atom is -0.335 e. The summed E-state index contributed by atoms with van der Waals surface area (Å²) in [5.41, 5.74) is 0. The van der Waals surface area contributed by atoms with E-state index in [1.807, 2.05) is 0 Å². The molecule has 1 rings (SSSR count). The zero-order valence-corrected chi connectivity index (χ0v) is 8.50. The van der Waals surface area contributed by atoms with Crippen LogP contribution in [0.2, 0.25) is 0 Å². The van der Waals surface area contributed by atoms with Crippen molar-refractivity contribution in [2.75, 3.05) is 0 Å². The quantitative estimate of drug-likeness (QED) is 0.696. The van der Waals surface area contributed by atoms with Crippen LogP contribution in [0, 0.1) is 12.3 Å². The van der Waals surface area contributed by atoms with Gasteiger partial charge in [-0.3, -0.25) is 0 Å². The third-order valence-electron chi connectivity index (χ3n) is 1.54. The Kier molecular flexibility index (Phi) is 3.28. The van der Waals surface area contributed by atoms with Crippen LogP contribution in [0.4, 0.5) is 0 Å². The van der Waals surface area contributed by atoms with Crippen LogP contribution in [0.1, 0.15) is 13.3 Å². The van der Waals surface area contributed by atoms with Gasteiger partial charge in [-0.05, 0) is 6.92 Å². The van der Waals surface area contributed by atoms with Crippen molar-refractivity contribution in [3.05, 3.63) is 12.5 Å². The smallest absolute Gasteiger partial charge is 0.257 e. The fourth-order valence-corrected chi connectivity index (χ4v) is 2.08. The van der Waals surface area contributed by atoms with Crippen LogP contribution in [0.5, 0.6) is 0 Å². The maximum atomic E-state index is 11.5. The number of imidazole rings is 1. The summed E-state index contributed by atoms with van der Waals surface area (Å²) in [5.74, 6) is 2.38. The van der Waals surface area contributed by atoms with Gasteiger partial charge in [0.2, 0.25) is 0 Å². The molecule has 0 aliphatic heterocycles. The van der Waals surface area contributed by atoms with E-state index in [1.165, 1.54) is 12.5 Å². The molecule has 0 saturated heterocycles. The van der Waals surface area contributed by atoms with Gasteiger partial charge in [0.1, 0.15) is 0 Å². The van der Waals surface area contributed by atoms with Crippen molar-refractivity contribution in [2.24, 2.45) is 0 Å². The van der Waals surface area contributed by atoms with Gasteiger partial charge in [0.05, 0.1) is 12.5 Å². The maximum absolute atomic E-state index is 11.5. The number of nitrogens with one attached hydrogen (secondary N) is 2. The lowest BCUT2D eigenvalue weighted by molar-refractivity contribution is 0.560. The van der Waals surface area contributed by atoms with Crippen LogP contribution < -0.4 is 4.72 Å². The molecule has 0 aliphatic carbocycles. The Bertz CT molecular complexity index is 416. The summed E-state index contributed by atoms with van der Waals surface area (Å²) in [5, 5.41) is 0.0429. The van der Waals surface area contributed by atoms with Gasteiger partial charge in [-0.2, -0.15) is 0 Å². The van der Waals surface area contributed by atoms with Crippen molar-refractivity contribution in [1.82, 2.24) is 14.7 Å². The van der Waals surface area contributed by atoms with E-state index in [9.17, 15) is 8.42 Å². The monoisotopic (exact) mass is 213 g/mol. The zero-order chi connectivity index (χ0) is 10.6. The summed E-state index contributed by atoms with van der Waals surface area (Å²) in [6.45, 7) is 1.70. The Morgan fingerprint density at radius 2 is 2.50 bits per heavy atom. The Morgan fingerprint density at radius 3 is 3.00 bits per heavy atom. The van der Waals surface area contributed by atoms with Crippen molar-refractivity contribution < 1.29 is 8.42 Å². The summed E-state index contributed by atoms with van der Waals surface area (Å²) < 4.78 is 25.5. The molecule has 0 aliphatic rings. The van der Waals surface area contributed by atoms with Crippen molar-refractivity contribution in [2.45, 2.75) is 24.4 Å². The molecule has 0 amide bonds. The Labute approximate surface area is 83.0 Å². The second kappa shape index (κ2) is 4.26. The molecule has 0 fully saturated rings. The normalized spacial score (nSPS) is 13.4. The molecular formula is C8H11N3O2S. The Hall–Kier alpha value is -1.32. The number of H-pyrrole nitrogens is 1. The summed E-state index contributed by atoms with van der Waals surface area (Å²) in [4.78, 5) is 6.14. The van der Waals surface area contributed by atoms with Crippen LogP contribution in [0.3, 0.4) is 0 Å². The van der Waals surface area contributed by atoms with E-state index in [1.54, 1.807) is 6.92 Å². The molecule has 1 atom stereocenters. The first-order valence-corrected chi connectivity index (χ1v) is 5.48. The average molecular weight is 213 g/mol. The summed E-state index contributed by atoms with van der Waals surface area (Å²) in [6, 6.07) is -0.284. The minimum absolute atomic E-state index is 0.0429. The van der Waals surface area contributed by atoms with Crippen molar-refractivity contribution in [1.29, 1.82) is 0 Å². The van der Waals surface area contributed by atoms with Gasteiger partial charge in [-0.25, -0.2) is 18.1 Å². The van der Waals surface area contributed by atoms with Crippen molar-refractivity contribution in [3.63, 3.8) is 0 Å². The highest BCUT2D eigenvalue weighted by molar-refractivity contribution is 7.89. The van der Waals surface area contributed by atoms with E-state index >= 15 is 0 Å². The van der Waals surface area contributed by atoms with E-state index in [0.29, 0.717) is 6.42 Å². The van der Waals surface area contributed by atoms with E-state index in [2.05, 4.69) is 20.6 Å². The molecule has 0 radical (unpaired) electrons. The Morgan fingerprint density at radius 1 is 1.79 bits per heavy atom. The van der Waals surface area contributed by atoms with Gasteiger partial charge in [0, 0.05) is 12.5 Å². The Balaban J connectivity index is 2.74. The minimum atomic E-state index is -3.50. The number of aromatic amines is 1. The average Bonchev–Trinajstić information content (AvgIpc) is 2.54. The number of sulfonamides is 1. The van der Waals surface area contributed by atoms with E-state index in [-0.39, 0.29) is 11.1 Å². The van der Waals surface area contributed by atoms with Crippen LogP contribution >= 0.6 is 0 Å². The first-order chi connectivity index (χ1) is 6.56. The standard InChI is InChI=1S/C8H11N3O2S/c1-3-4-7(2)11-14(12,13)8-5-9-6-10-8/h1,5-7,11H,4H2,2H3,(H,9,10). The number of nitrogens with zero attached hydrogens (tertiary/aromatic N) is 1. The van der Waals surface area contributed by atoms with Crippen molar-refractivity contribution >= 4 is 10.0 Å². The van der Waals surface area contributed by atoms with Gasteiger partial charge in [0.25, 0.3) is 10.0 Å². The van der Waals surface area contributed by atoms with Crippen molar-refractivity contribution in [3.8, 4) is 12.3 Å². The first-order valence-electron chi connectivity index (χ1n) is 4.00. The highest BCUT2D eigenvalue weighted by Crippen LogP contribution is 2.03. The molecule has 1 heterocycles. The number of terminal acetylenes is 1. The van der Waals surface area contributed by atoms with Gasteiger partial charge in [-0.1, -0.05) is 0 Å². The fourth-order valence-electron chi connectivity index (χ4n) is 0.937. The van der Waals surface area contributed by atoms with E-state index in [0.717, 1.165) is 0 Å². The molecular weight excluding hydrogens is 202 g/mol. The summed E-state index contributed by atoms with van der Waals surface area (Å²) in [7, 11) is -3.50.